The Labute approximate surface area is 122 Å². The van der Waals surface area contributed by atoms with E-state index in [1.807, 2.05) is 66.9 Å². The van der Waals surface area contributed by atoms with Crippen LogP contribution in [0.25, 0.3) is 0 Å². The van der Waals surface area contributed by atoms with Crippen molar-refractivity contribution >= 4 is 17.9 Å². The van der Waals surface area contributed by atoms with Gasteiger partial charge in [0.1, 0.15) is 5.70 Å². The summed E-state index contributed by atoms with van der Waals surface area (Å²) in [6.07, 6.45) is 3.81. The van der Waals surface area contributed by atoms with Crippen LogP contribution in [0.4, 0.5) is 0 Å². The second-order valence-corrected chi connectivity index (χ2v) is 4.89. The lowest BCUT2D eigenvalue weighted by molar-refractivity contribution is 0.0164. The van der Waals surface area contributed by atoms with Crippen LogP contribution in [0, 0.1) is 0 Å². The van der Waals surface area contributed by atoms with Crippen LogP contribution in [0.1, 0.15) is 5.56 Å². The normalized spacial score (nSPS) is 22.9. The third-order valence-electron chi connectivity index (χ3n) is 3.65. The lowest BCUT2D eigenvalue weighted by Gasteiger charge is -2.39. The number of hydrazone groups is 1. The highest BCUT2D eigenvalue weighted by Gasteiger charge is 2.40. The van der Waals surface area contributed by atoms with E-state index in [1.165, 1.54) is 0 Å². The van der Waals surface area contributed by atoms with Crippen molar-refractivity contribution in [2.45, 2.75) is 6.17 Å². The third-order valence-corrected chi connectivity index (χ3v) is 3.65. The highest BCUT2D eigenvalue weighted by atomic mass is 15.9. The molecule has 1 aromatic rings. The Morgan fingerprint density at radius 2 is 1.95 bits per heavy atom. The molecule has 3 heterocycles. The minimum Gasteiger partial charge on any atom is -0.284 e. The first-order chi connectivity index (χ1) is 10.3. The first-order valence-corrected chi connectivity index (χ1v) is 6.75. The monoisotopic (exact) mass is 281 g/mol. The molecule has 0 aromatic heterocycles. The van der Waals surface area contributed by atoms with Gasteiger partial charge in [-0.3, -0.25) is 5.01 Å². The average Bonchev–Trinajstić information content (AvgIpc) is 3.11. The van der Waals surface area contributed by atoms with Gasteiger partial charge >= 0.3 is 0 Å². The molecule has 1 atom stereocenters. The van der Waals surface area contributed by atoms with Gasteiger partial charge in [0.25, 0.3) is 0 Å². The fourth-order valence-corrected chi connectivity index (χ4v) is 2.62. The minimum atomic E-state index is -0.0205. The van der Waals surface area contributed by atoms with Gasteiger partial charge in [-0.1, -0.05) is 30.3 Å². The van der Waals surface area contributed by atoms with Crippen molar-refractivity contribution in [1.82, 2.24) is 20.6 Å². The summed E-state index contributed by atoms with van der Waals surface area (Å²) in [6, 6.07) is 9.99. The van der Waals surface area contributed by atoms with Crippen LogP contribution in [-0.4, -0.2) is 53.3 Å². The van der Waals surface area contributed by atoms with Crippen LogP contribution in [-0.2, 0) is 0 Å². The van der Waals surface area contributed by atoms with Crippen LogP contribution in [0.2, 0.25) is 0 Å². The zero-order valence-electron chi connectivity index (χ0n) is 11.8. The number of fused-ring (bicyclic) bond motifs is 3. The Balaban J connectivity index is 1.78. The molecule has 0 spiro atoms. The lowest BCUT2D eigenvalue weighted by atomic mass is 10.2. The summed E-state index contributed by atoms with van der Waals surface area (Å²) in [5, 5.41) is 10.1. The highest BCUT2D eigenvalue weighted by Crippen LogP contribution is 2.27. The molecule has 0 fully saturated rings. The van der Waals surface area contributed by atoms with Gasteiger partial charge in [-0.05, 0) is 0 Å². The third kappa shape index (κ3) is 1.74. The van der Waals surface area contributed by atoms with Crippen molar-refractivity contribution in [3.8, 4) is 0 Å². The highest BCUT2D eigenvalue weighted by molar-refractivity contribution is 6.17. The lowest BCUT2D eigenvalue weighted by Crippen LogP contribution is -2.57. The first-order valence-electron chi connectivity index (χ1n) is 6.75. The number of benzene rings is 1. The fourth-order valence-electron chi connectivity index (χ4n) is 2.62. The molecular weight excluding hydrogens is 266 g/mol. The zero-order valence-corrected chi connectivity index (χ0v) is 11.8. The second kappa shape index (κ2) is 4.42. The number of hydrogen-bond donors (Lipinski definition) is 1. The smallest absolute Gasteiger partial charge is 0.181 e. The van der Waals surface area contributed by atoms with Crippen molar-refractivity contribution < 1.29 is 0 Å². The Hall–Kier alpha value is -2.67. The van der Waals surface area contributed by atoms with Gasteiger partial charge in [-0.25, -0.2) is 25.5 Å². The number of hydrogen-bond acceptors (Lipinski definition) is 7. The van der Waals surface area contributed by atoms with E-state index in [0.29, 0.717) is 0 Å². The summed E-state index contributed by atoms with van der Waals surface area (Å²) in [5.41, 5.74) is 4.98. The number of aliphatic imine (C=N–C) groups is 2. The molecule has 7 heteroatoms. The summed E-state index contributed by atoms with van der Waals surface area (Å²) in [6.45, 7) is 0. The van der Waals surface area contributed by atoms with Gasteiger partial charge in [-0.15, -0.1) is 0 Å². The SMILES string of the molecule is CNN1C=C2N=C(c3ccccc3)N=C2N2C1C=NN2C. The van der Waals surface area contributed by atoms with Crippen LogP contribution in [0.3, 0.4) is 0 Å². The summed E-state index contributed by atoms with van der Waals surface area (Å²) in [5.74, 6) is 1.55. The van der Waals surface area contributed by atoms with Gasteiger partial charge < -0.3 is 0 Å². The fraction of sp³-hybridized carbons (Fsp3) is 0.214. The summed E-state index contributed by atoms with van der Waals surface area (Å²) in [7, 11) is 3.77. The van der Waals surface area contributed by atoms with Crippen LogP contribution in [0.5, 0.6) is 0 Å². The van der Waals surface area contributed by atoms with Crippen LogP contribution >= 0.6 is 0 Å². The number of rotatable bonds is 2. The van der Waals surface area contributed by atoms with Gasteiger partial charge in [0, 0.05) is 25.9 Å². The molecular formula is C14H15N7. The van der Waals surface area contributed by atoms with E-state index in [9.17, 15) is 0 Å². The second-order valence-electron chi connectivity index (χ2n) is 4.89. The molecule has 21 heavy (non-hydrogen) atoms. The summed E-state index contributed by atoms with van der Waals surface area (Å²) in [4.78, 5) is 9.33. The Morgan fingerprint density at radius 1 is 1.14 bits per heavy atom. The van der Waals surface area contributed by atoms with Crippen LogP contribution < -0.4 is 5.43 Å². The van der Waals surface area contributed by atoms with E-state index in [1.54, 1.807) is 5.12 Å². The van der Waals surface area contributed by atoms with Gasteiger partial charge in [0.15, 0.2) is 17.8 Å². The average molecular weight is 281 g/mol. The van der Waals surface area contributed by atoms with E-state index in [-0.39, 0.29) is 6.17 Å². The molecule has 1 aromatic carbocycles. The molecule has 0 saturated heterocycles. The summed E-state index contributed by atoms with van der Waals surface area (Å²) >= 11 is 0. The van der Waals surface area contributed by atoms with E-state index < -0.39 is 0 Å². The molecule has 0 radical (unpaired) electrons. The van der Waals surface area contributed by atoms with Crippen molar-refractivity contribution in [2.75, 3.05) is 14.1 Å². The Kier molecular flexibility index (Phi) is 2.55. The predicted molar refractivity (Wildman–Crippen MR) is 81.3 cm³/mol. The van der Waals surface area contributed by atoms with Crippen LogP contribution in [0.15, 0.2) is 57.3 Å². The quantitative estimate of drug-likeness (QED) is 0.863. The van der Waals surface area contributed by atoms with Crippen molar-refractivity contribution in [2.24, 2.45) is 15.1 Å². The Morgan fingerprint density at radius 3 is 2.71 bits per heavy atom. The molecule has 106 valence electrons. The van der Waals surface area contributed by atoms with Gasteiger partial charge in [0.05, 0.1) is 6.21 Å². The van der Waals surface area contributed by atoms with Crippen molar-refractivity contribution in [3.63, 3.8) is 0 Å². The predicted octanol–water partition coefficient (Wildman–Crippen LogP) is 0.611. The maximum Gasteiger partial charge on any atom is 0.181 e. The molecule has 4 rings (SSSR count). The number of nitrogens with one attached hydrogen (secondary N) is 1. The first kappa shape index (κ1) is 12.1. The van der Waals surface area contributed by atoms with Gasteiger partial charge in [-0.2, -0.15) is 5.10 Å². The number of nitrogens with zero attached hydrogens (tertiary/aromatic N) is 6. The molecule has 0 aliphatic carbocycles. The molecule has 7 nitrogen and oxygen atoms in total. The molecule has 3 aliphatic rings. The standard InChI is InChI=1S/C14H15N7/c1-15-20-9-11-14(21-12(20)8-16-19(21)2)18-13(17-11)10-6-4-3-5-7-10/h3-9,12,15H,1-2H3. The van der Waals surface area contributed by atoms with Crippen molar-refractivity contribution in [1.29, 1.82) is 0 Å². The molecule has 0 saturated carbocycles. The maximum absolute atomic E-state index is 4.69. The van der Waals surface area contributed by atoms with E-state index in [0.717, 1.165) is 22.9 Å². The molecule has 0 bridgehead atoms. The largest absolute Gasteiger partial charge is 0.284 e. The van der Waals surface area contributed by atoms with Crippen molar-refractivity contribution in [3.05, 3.63) is 47.8 Å². The molecule has 1 N–H and O–H groups in total. The van der Waals surface area contributed by atoms with E-state index in [2.05, 4.69) is 15.5 Å². The molecule has 1 unspecified atom stereocenters. The summed E-state index contributed by atoms with van der Waals surface area (Å²) < 4.78 is 0. The van der Waals surface area contributed by atoms with E-state index >= 15 is 0 Å². The molecule has 0 amide bonds. The van der Waals surface area contributed by atoms with Gasteiger partial charge in [0.2, 0.25) is 0 Å². The maximum atomic E-state index is 4.69. The topological polar surface area (TPSA) is 58.8 Å². The number of amidine groups is 2. The zero-order chi connectivity index (χ0) is 14.4. The Bertz CT molecular complexity index is 689. The number of hydrazine groups is 2. The minimum absolute atomic E-state index is 0.0205. The molecule has 3 aliphatic heterocycles. The van der Waals surface area contributed by atoms with E-state index in [4.69, 9.17) is 4.99 Å².